The first-order valence-electron chi connectivity index (χ1n) is 10.1. The van der Waals surface area contributed by atoms with Gasteiger partial charge in [0, 0.05) is 25.0 Å². The van der Waals surface area contributed by atoms with Gasteiger partial charge < -0.3 is 10.2 Å². The number of hydrogen-bond donors (Lipinski definition) is 1. The fraction of sp³-hybridized carbons (Fsp3) is 0.200. The highest BCUT2D eigenvalue weighted by Gasteiger charge is 2.30. The van der Waals surface area contributed by atoms with Gasteiger partial charge in [-0.15, -0.1) is 0 Å². The zero-order valence-electron chi connectivity index (χ0n) is 17.5. The molecule has 3 rings (SSSR count). The molecule has 0 saturated heterocycles. The van der Waals surface area contributed by atoms with Gasteiger partial charge in [0.25, 0.3) is 0 Å². The van der Waals surface area contributed by atoms with Crippen molar-refractivity contribution < 1.29 is 9.59 Å². The molecule has 0 unspecified atom stereocenters. The second-order valence-corrected chi connectivity index (χ2v) is 8.58. The topological polar surface area (TPSA) is 49.4 Å². The van der Waals surface area contributed by atoms with Crippen LogP contribution in [0, 0.1) is 0 Å². The van der Waals surface area contributed by atoms with Gasteiger partial charge in [-0.05, 0) is 34.9 Å². The lowest BCUT2D eigenvalue weighted by Gasteiger charge is -2.31. The molecule has 0 spiro atoms. The Kier molecular flexibility index (Phi) is 8.57. The first kappa shape index (κ1) is 24.1. The van der Waals surface area contributed by atoms with Crippen molar-refractivity contribution in [3.8, 4) is 0 Å². The second kappa shape index (κ2) is 11.4. The van der Waals surface area contributed by atoms with Crippen molar-refractivity contribution in [1.82, 2.24) is 10.2 Å². The normalized spacial score (nSPS) is 11.6. The van der Waals surface area contributed by atoms with E-state index in [0.717, 1.165) is 11.1 Å². The third kappa shape index (κ3) is 6.26. The monoisotopic (exact) mass is 488 g/mol. The van der Waals surface area contributed by atoms with E-state index in [4.69, 9.17) is 34.8 Å². The maximum absolute atomic E-state index is 13.5. The Balaban J connectivity index is 1.97. The molecule has 1 N–H and O–H groups in total. The summed E-state index contributed by atoms with van der Waals surface area (Å²) in [5.41, 5.74) is 2.42. The van der Waals surface area contributed by atoms with Crippen LogP contribution in [0.3, 0.4) is 0 Å². The van der Waals surface area contributed by atoms with Crippen LogP contribution in [0.2, 0.25) is 15.1 Å². The zero-order valence-corrected chi connectivity index (χ0v) is 19.8. The van der Waals surface area contributed by atoms with Crippen LogP contribution in [0.25, 0.3) is 0 Å². The van der Waals surface area contributed by atoms with Gasteiger partial charge in [-0.3, -0.25) is 9.59 Å². The van der Waals surface area contributed by atoms with Crippen molar-refractivity contribution in [1.29, 1.82) is 0 Å². The van der Waals surface area contributed by atoms with E-state index in [1.807, 2.05) is 48.5 Å². The van der Waals surface area contributed by atoms with Gasteiger partial charge in [-0.1, -0.05) is 89.4 Å². The number of amides is 2. The summed E-state index contributed by atoms with van der Waals surface area (Å²) in [5, 5.41) is 4.02. The maximum atomic E-state index is 13.5. The summed E-state index contributed by atoms with van der Waals surface area (Å²) in [4.78, 5) is 28.0. The van der Waals surface area contributed by atoms with Crippen LogP contribution in [-0.2, 0) is 29.0 Å². The molecule has 0 radical (unpaired) electrons. The Hall–Kier alpha value is -2.53. The molecule has 32 heavy (non-hydrogen) atoms. The van der Waals surface area contributed by atoms with Gasteiger partial charge >= 0.3 is 0 Å². The molecule has 7 heteroatoms. The van der Waals surface area contributed by atoms with Crippen molar-refractivity contribution in [2.45, 2.75) is 25.4 Å². The van der Waals surface area contributed by atoms with Crippen LogP contribution in [-0.4, -0.2) is 29.8 Å². The number of likely N-dealkylation sites (N-methyl/N-ethyl adjacent to an activating group) is 1. The summed E-state index contributed by atoms with van der Waals surface area (Å²) < 4.78 is 0. The number of hydrogen-bond acceptors (Lipinski definition) is 2. The molecule has 3 aromatic carbocycles. The Morgan fingerprint density at radius 3 is 2.19 bits per heavy atom. The lowest BCUT2D eigenvalue weighted by atomic mass is 10.0. The van der Waals surface area contributed by atoms with E-state index in [1.165, 1.54) is 0 Å². The van der Waals surface area contributed by atoms with Crippen molar-refractivity contribution in [2.75, 3.05) is 7.05 Å². The molecule has 0 saturated carbocycles. The minimum atomic E-state index is -0.716. The van der Waals surface area contributed by atoms with Gasteiger partial charge in [0.15, 0.2) is 0 Å². The van der Waals surface area contributed by atoms with E-state index < -0.39 is 6.04 Å². The molecular weight excluding hydrogens is 467 g/mol. The highest BCUT2D eigenvalue weighted by atomic mass is 35.5. The summed E-state index contributed by atoms with van der Waals surface area (Å²) in [6, 6.07) is 21.3. The maximum Gasteiger partial charge on any atom is 0.242 e. The summed E-state index contributed by atoms with van der Waals surface area (Å²) in [6.45, 7) is 0.199. The molecule has 2 amide bonds. The average Bonchev–Trinajstić information content (AvgIpc) is 2.80. The molecule has 0 aromatic heterocycles. The van der Waals surface area contributed by atoms with Crippen LogP contribution in [0.15, 0.2) is 72.8 Å². The summed E-state index contributed by atoms with van der Waals surface area (Å²) >= 11 is 18.5. The number of benzene rings is 3. The van der Waals surface area contributed by atoms with Gasteiger partial charge in [0.05, 0.1) is 16.5 Å². The fourth-order valence-electron chi connectivity index (χ4n) is 3.46. The molecule has 3 aromatic rings. The number of carbonyl (C=O) groups is 2. The Labute approximate surface area is 203 Å². The summed E-state index contributed by atoms with van der Waals surface area (Å²) in [6.07, 6.45) is 0.444. The van der Waals surface area contributed by atoms with E-state index in [2.05, 4.69) is 5.32 Å². The highest BCUT2D eigenvalue weighted by Crippen LogP contribution is 2.25. The first-order chi connectivity index (χ1) is 15.4. The second-order valence-electron chi connectivity index (χ2n) is 7.36. The molecule has 0 bridgehead atoms. The number of nitrogens with zero attached hydrogens (tertiary/aromatic N) is 1. The SMILES string of the molecule is CNC(=O)[C@@H](Cc1ccccc1)N(Cc1ccc(Cl)c(Cl)c1)C(=O)Cc1ccccc1Cl. The Morgan fingerprint density at radius 2 is 1.53 bits per heavy atom. The summed E-state index contributed by atoms with van der Waals surface area (Å²) in [7, 11) is 1.57. The first-order valence-corrected chi connectivity index (χ1v) is 11.2. The van der Waals surface area contributed by atoms with Gasteiger partial charge in [0.2, 0.25) is 11.8 Å². The van der Waals surface area contributed by atoms with E-state index in [9.17, 15) is 9.59 Å². The molecule has 0 aliphatic carbocycles. The average molecular weight is 490 g/mol. The lowest BCUT2D eigenvalue weighted by Crippen LogP contribution is -2.50. The largest absolute Gasteiger partial charge is 0.357 e. The minimum Gasteiger partial charge on any atom is -0.357 e. The van der Waals surface area contributed by atoms with Crippen LogP contribution < -0.4 is 5.32 Å². The molecule has 1 atom stereocenters. The third-order valence-corrected chi connectivity index (χ3v) is 6.26. The molecule has 0 aliphatic heterocycles. The van der Waals surface area contributed by atoms with Crippen molar-refractivity contribution >= 4 is 46.6 Å². The predicted octanol–water partition coefficient (Wildman–Crippen LogP) is 5.58. The quantitative estimate of drug-likeness (QED) is 0.449. The summed E-state index contributed by atoms with van der Waals surface area (Å²) in [5.74, 6) is -0.463. The molecule has 0 fully saturated rings. The Bertz CT molecular complexity index is 1090. The molecule has 4 nitrogen and oxygen atoms in total. The molecule has 166 valence electrons. The minimum absolute atomic E-state index is 0.0727. The zero-order chi connectivity index (χ0) is 23.1. The van der Waals surface area contributed by atoms with E-state index in [-0.39, 0.29) is 24.8 Å². The van der Waals surface area contributed by atoms with E-state index >= 15 is 0 Å². The van der Waals surface area contributed by atoms with Crippen molar-refractivity contribution in [3.05, 3.63) is 105 Å². The highest BCUT2D eigenvalue weighted by molar-refractivity contribution is 6.42. The van der Waals surface area contributed by atoms with Crippen molar-refractivity contribution in [3.63, 3.8) is 0 Å². The van der Waals surface area contributed by atoms with Gasteiger partial charge in [0.1, 0.15) is 6.04 Å². The van der Waals surface area contributed by atoms with E-state index in [0.29, 0.717) is 27.1 Å². The smallest absolute Gasteiger partial charge is 0.242 e. The van der Waals surface area contributed by atoms with Crippen LogP contribution >= 0.6 is 34.8 Å². The van der Waals surface area contributed by atoms with Crippen molar-refractivity contribution in [2.24, 2.45) is 0 Å². The van der Waals surface area contributed by atoms with Gasteiger partial charge in [-0.2, -0.15) is 0 Å². The standard InChI is InChI=1S/C25H23Cl3N2O2/c1-29-25(32)23(14-17-7-3-2-4-8-17)30(16-18-11-12-21(27)22(28)13-18)24(31)15-19-9-5-6-10-20(19)26/h2-13,23H,14-16H2,1H3,(H,29,32)/t23-/m1/s1. The fourth-order valence-corrected chi connectivity index (χ4v) is 3.98. The predicted molar refractivity (Wildman–Crippen MR) is 130 cm³/mol. The number of carbonyl (C=O) groups excluding carboxylic acids is 2. The lowest BCUT2D eigenvalue weighted by molar-refractivity contribution is -0.140. The van der Waals surface area contributed by atoms with Crippen LogP contribution in [0.5, 0.6) is 0 Å². The Morgan fingerprint density at radius 1 is 0.844 bits per heavy atom. The molecule has 0 aliphatic rings. The number of rotatable bonds is 8. The van der Waals surface area contributed by atoms with Crippen LogP contribution in [0.1, 0.15) is 16.7 Å². The number of nitrogens with one attached hydrogen (secondary N) is 1. The van der Waals surface area contributed by atoms with Gasteiger partial charge in [-0.25, -0.2) is 0 Å². The molecular formula is C25H23Cl3N2O2. The van der Waals surface area contributed by atoms with E-state index in [1.54, 1.807) is 36.2 Å². The van der Waals surface area contributed by atoms with Crippen LogP contribution in [0.4, 0.5) is 0 Å². The number of halogens is 3. The third-order valence-electron chi connectivity index (χ3n) is 5.15. The molecule has 0 heterocycles.